The Morgan fingerprint density at radius 3 is 2.66 bits per heavy atom. The van der Waals surface area contributed by atoms with E-state index in [1.165, 1.54) is 24.3 Å². The molecule has 1 N–H and O–H groups in total. The fourth-order valence-electron chi connectivity index (χ4n) is 4.28. The number of nitrogens with one attached hydrogen (secondary N) is 1. The quantitative estimate of drug-likeness (QED) is 0.513. The Morgan fingerprint density at radius 1 is 1.06 bits per heavy atom. The van der Waals surface area contributed by atoms with Crippen LogP contribution in [0.3, 0.4) is 0 Å². The lowest BCUT2D eigenvalue weighted by Gasteiger charge is -2.21. The molecular formula is C25H24F3N3O4. The lowest BCUT2D eigenvalue weighted by atomic mass is 9.98. The number of hydrogen-bond donors (Lipinski definition) is 1. The van der Waals surface area contributed by atoms with E-state index < -0.39 is 17.8 Å². The molecule has 1 fully saturated rings. The second-order valence-corrected chi connectivity index (χ2v) is 8.58. The summed E-state index contributed by atoms with van der Waals surface area (Å²) in [6.07, 6.45) is -0.103. The van der Waals surface area contributed by atoms with E-state index in [4.69, 9.17) is 14.2 Å². The number of rotatable bonds is 6. The zero-order valence-corrected chi connectivity index (χ0v) is 18.8. The molecule has 1 saturated carbocycles. The number of benzene rings is 2. The van der Waals surface area contributed by atoms with Crippen LogP contribution in [0, 0.1) is 0 Å². The molecule has 0 atom stereocenters. The van der Waals surface area contributed by atoms with Gasteiger partial charge in [0.15, 0.2) is 17.2 Å². The lowest BCUT2D eigenvalue weighted by molar-refractivity contribution is -0.142. The first-order valence-electron chi connectivity index (χ1n) is 11.5. The van der Waals surface area contributed by atoms with Gasteiger partial charge in [-0.2, -0.15) is 13.2 Å². The third kappa shape index (κ3) is 5.21. The number of amides is 1. The van der Waals surface area contributed by atoms with E-state index in [2.05, 4.69) is 10.4 Å². The van der Waals surface area contributed by atoms with Crippen molar-refractivity contribution in [1.82, 2.24) is 15.1 Å². The molecule has 7 nitrogen and oxygen atoms in total. The highest BCUT2D eigenvalue weighted by molar-refractivity contribution is 5.94. The number of nitrogens with zero attached hydrogens (tertiary/aromatic N) is 2. The summed E-state index contributed by atoms with van der Waals surface area (Å²) in [5.41, 5.74) is 0.170. The highest BCUT2D eigenvalue weighted by atomic mass is 19.4. The molecule has 5 rings (SSSR count). The minimum Gasteiger partial charge on any atom is -0.473 e. The maximum atomic E-state index is 13.8. The van der Waals surface area contributed by atoms with Crippen LogP contribution in [0.4, 0.5) is 13.2 Å². The summed E-state index contributed by atoms with van der Waals surface area (Å²) in [6.45, 7) is 0.368. The molecule has 1 aliphatic heterocycles. The van der Waals surface area contributed by atoms with E-state index in [1.54, 1.807) is 18.2 Å². The molecule has 2 aromatic carbocycles. The topological polar surface area (TPSA) is 74.6 Å². The van der Waals surface area contributed by atoms with Gasteiger partial charge < -0.3 is 19.5 Å². The van der Waals surface area contributed by atoms with Crippen molar-refractivity contribution in [2.75, 3.05) is 6.79 Å². The third-order valence-corrected chi connectivity index (χ3v) is 6.06. The highest BCUT2D eigenvalue weighted by Crippen LogP contribution is 2.35. The Balaban J connectivity index is 1.34. The summed E-state index contributed by atoms with van der Waals surface area (Å²) >= 11 is 0. The van der Waals surface area contributed by atoms with Crippen LogP contribution < -0.4 is 19.5 Å². The van der Waals surface area contributed by atoms with Crippen LogP contribution in [0.15, 0.2) is 48.5 Å². The molecule has 2 aliphatic rings. The number of aromatic nitrogens is 2. The number of carbonyl (C=O) groups is 1. The first-order valence-corrected chi connectivity index (χ1v) is 11.5. The van der Waals surface area contributed by atoms with Crippen molar-refractivity contribution >= 4 is 5.91 Å². The van der Waals surface area contributed by atoms with Crippen LogP contribution in [-0.2, 0) is 12.7 Å². The maximum Gasteiger partial charge on any atom is 0.433 e. The second-order valence-electron chi connectivity index (χ2n) is 8.58. The van der Waals surface area contributed by atoms with Gasteiger partial charge in [-0.3, -0.25) is 4.79 Å². The van der Waals surface area contributed by atoms with E-state index >= 15 is 0 Å². The van der Waals surface area contributed by atoms with Gasteiger partial charge in [0.1, 0.15) is 6.10 Å². The van der Waals surface area contributed by atoms with Crippen molar-refractivity contribution in [3.63, 3.8) is 0 Å². The van der Waals surface area contributed by atoms with Gasteiger partial charge in [-0.15, -0.1) is 5.10 Å². The summed E-state index contributed by atoms with van der Waals surface area (Å²) < 4.78 is 58.5. The SMILES string of the molecule is O=C(NCc1ccc2c(c1)OCO2)c1cccc(-n2nc(OC3CCCCC3)cc2C(F)(F)F)c1. The fraction of sp³-hybridized carbons (Fsp3) is 0.360. The van der Waals surface area contributed by atoms with Gasteiger partial charge in [0.2, 0.25) is 12.7 Å². The normalized spacial score (nSPS) is 15.7. The number of carbonyl (C=O) groups excluding carboxylic acids is 1. The zero-order chi connectivity index (χ0) is 24.4. The van der Waals surface area contributed by atoms with Gasteiger partial charge in [0.05, 0.1) is 5.69 Å². The minimum absolute atomic E-state index is 0.0677. The largest absolute Gasteiger partial charge is 0.473 e. The number of alkyl halides is 3. The van der Waals surface area contributed by atoms with E-state index in [9.17, 15) is 18.0 Å². The molecule has 10 heteroatoms. The monoisotopic (exact) mass is 487 g/mol. The number of halogens is 3. The van der Waals surface area contributed by atoms with Crippen LogP contribution in [0.5, 0.6) is 17.4 Å². The van der Waals surface area contributed by atoms with Crippen molar-refractivity contribution in [3.05, 3.63) is 65.4 Å². The number of fused-ring (bicyclic) bond motifs is 1. The standard InChI is InChI=1S/C25H24F3N3O4/c26-25(27,28)22-13-23(35-19-7-2-1-3-8-19)30-31(22)18-6-4-5-17(12-18)24(32)29-14-16-9-10-20-21(11-16)34-15-33-20/h4-6,9-13,19H,1-3,7-8,14-15H2,(H,29,32). The van der Waals surface area contributed by atoms with E-state index in [0.717, 1.165) is 48.4 Å². The summed E-state index contributed by atoms with van der Waals surface area (Å²) in [6, 6.07) is 12.2. The molecule has 35 heavy (non-hydrogen) atoms. The lowest BCUT2D eigenvalue weighted by Crippen LogP contribution is -2.23. The Labute approximate surface area is 199 Å². The van der Waals surface area contributed by atoms with Crippen LogP contribution in [0.2, 0.25) is 0 Å². The average molecular weight is 487 g/mol. The van der Waals surface area contributed by atoms with Gasteiger partial charge in [0, 0.05) is 18.2 Å². The molecular weight excluding hydrogens is 463 g/mol. The molecule has 0 bridgehead atoms. The van der Waals surface area contributed by atoms with Crippen LogP contribution in [0.1, 0.15) is 53.7 Å². The van der Waals surface area contributed by atoms with E-state index in [-0.39, 0.29) is 36.6 Å². The van der Waals surface area contributed by atoms with Gasteiger partial charge >= 0.3 is 6.18 Å². The maximum absolute atomic E-state index is 13.8. The van der Waals surface area contributed by atoms with E-state index in [1.807, 2.05) is 0 Å². The summed E-state index contributed by atoms with van der Waals surface area (Å²) in [4.78, 5) is 12.7. The molecule has 1 amide bonds. The predicted molar refractivity (Wildman–Crippen MR) is 120 cm³/mol. The van der Waals surface area contributed by atoms with E-state index in [0.29, 0.717) is 11.5 Å². The Bertz CT molecular complexity index is 1220. The summed E-state index contributed by atoms with van der Waals surface area (Å²) in [7, 11) is 0. The molecule has 1 aromatic heterocycles. The first kappa shape index (κ1) is 23.1. The summed E-state index contributed by atoms with van der Waals surface area (Å²) in [5.74, 6) is 0.744. The molecule has 0 unspecified atom stereocenters. The Hall–Kier alpha value is -3.69. The molecule has 184 valence electrons. The van der Waals surface area contributed by atoms with Gasteiger partial charge in [-0.05, 0) is 61.6 Å². The number of ether oxygens (including phenoxy) is 3. The zero-order valence-electron chi connectivity index (χ0n) is 18.8. The average Bonchev–Trinajstić information content (AvgIpc) is 3.50. The summed E-state index contributed by atoms with van der Waals surface area (Å²) in [5, 5.41) is 6.86. The van der Waals surface area contributed by atoms with Crippen molar-refractivity contribution in [2.45, 2.75) is 50.9 Å². The van der Waals surface area contributed by atoms with Crippen molar-refractivity contribution < 1.29 is 32.2 Å². The van der Waals surface area contributed by atoms with Gasteiger partial charge in [-0.1, -0.05) is 18.6 Å². The first-order chi connectivity index (χ1) is 16.9. The Morgan fingerprint density at radius 2 is 1.86 bits per heavy atom. The van der Waals surface area contributed by atoms with Crippen LogP contribution in [-0.4, -0.2) is 28.6 Å². The fourth-order valence-corrected chi connectivity index (χ4v) is 4.28. The highest BCUT2D eigenvalue weighted by Gasteiger charge is 2.37. The van der Waals surface area contributed by atoms with Gasteiger partial charge in [-0.25, -0.2) is 4.68 Å². The van der Waals surface area contributed by atoms with Crippen LogP contribution in [0.25, 0.3) is 5.69 Å². The predicted octanol–water partition coefficient (Wildman–Crippen LogP) is 5.26. The van der Waals surface area contributed by atoms with Crippen LogP contribution >= 0.6 is 0 Å². The molecule has 3 aromatic rings. The van der Waals surface area contributed by atoms with Crippen molar-refractivity contribution in [2.24, 2.45) is 0 Å². The molecule has 1 aliphatic carbocycles. The third-order valence-electron chi connectivity index (χ3n) is 6.06. The second kappa shape index (κ2) is 9.52. The van der Waals surface area contributed by atoms with Crippen molar-refractivity contribution in [3.8, 4) is 23.1 Å². The molecule has 0 radical (unpaired) electrons. The molecule has 2 heterocycles. The minimum atomic E-state index is -4.64. The molecule has 0 spiro atoms. The smallest absolute Gasteiger partial charge is 0.433 e. The molecule has 0 saturated heterocycles. The Kier molecular flexibility index (Phi) is 6.27. The van der Waals surface area contributed by atoms with Crippen molar-refractivity contribution in [1.29, 1.82) is 0 Å². The number of hydrogen-bond acceptors (Lipinski definition) is 5. The van der Waals surface area contributed by atoms with Gasteiger partial charge in [0.25, 0.3) is 5.91 Å².